The topological polar surface area (TPSA) is 170 Å². The number of nitrogens with zero attached hydrogens (tertiary/aromatic N) is 7. The average Bonchev–Trinajstić information content (AvgIpc) is 3.92. The molecule has 0 unspecified atom stereocenters. The van der Waals surface area contributed by atoms with E-state index in [-0.39, 0.29) is 17.0 Å². The van der Waals surface area contributed by atoms with Crippen LogP contribution in [0.3, 0.4) is 0 Å². The van der Waals surface area contributed by atoms with Gasteiger partial charge >= 0.3 is 12.1 Å². The van der Waals surface area contributed by atoms with Gasteiger partial charge < -0.3 is 34.9 Å². The summed E-state index contributed by atoms with van der Waals surface area (Å²) in [6.45, 7) is 8.66. The molecule has 0 saturated heterocycles. The van der Waals surface area contributed by atoms with E-state index < -0.39 is 10.0 Å². The molecule has 0 aliphatic carbocycles. The summed E-state index contributed by atoms with van der Waals surface area (Å²) in [7, 11) is -0.462. The lowest BCUT2D eigenvalue weighted by Crippen LogP contribution is -2.38. The number of carbonyl (C=O) groups excluding carboxylic acids is 2. The first-order valence-corrected chi connectivity index (χ1v) is 19.4. The standard InChI is InChI=1S/C22H25N5O4S.C16H21N5O2/c1-3-27(22(28)23-2)18-9-10-21-20(13-18)25(11-12-31-21)14-17-15-26(16-24-17)32(29,30)19-7-5-4-6-8-19;1-3-21(16(22)17-2)13-4-5-15-14(8-13)20(6-7-23-15)10-12-9-18-11-19-12/h4-10,13,15-16H,3,11-12,14H2,1-2H3,(H,23,28);4-5,8-9,11H,3,6-7,10H2,1-2H3,(H,17,22)(H,18,19). The van der Waals surface area contributed by atoms with E-state index in [0.717, 1.165) is 51.3 Å². The van der Waals surface area contributed by atoms with E-state index in [1.165, 1.54) is 12.5 Å². The normalized spacial score (nSPS) is 13.2. The first kappa shape index (κ1) is 38.5. The second kappa shape index (κ2) is 17.3. The lowest BCUT2D eigenvalue weighted by atomic mass is 10.2. The lowest BCUT2D eigenvalue weighted by Gasteiger charge is -2.32. The van der Waals surface area contributed by atoms with Gasteiger partial charge in [0.15, 0.2) is 0 Å². The summed E-state index contributed by atoms with van der Waals surface area (Å²) in [4.78, 5) is 43.5. The highest BCUT2D eigenvalue weighted by Crippen LogP contribution is 2.37. The molecule has 3 aromatic carbocycles. The molecule has 2 aromatic heterocycles. The van der Waals surface area contributed by atoms with E-state index in [9.17, 15) is 18.0 Å². The van der Waals surface area contributed by atoms with Gasteiger partial charge in [-0.15, -0.1) is 0 Å². The Morgan fingerprint density at radius 3 is 1.89 bits per heavy atom. The van der Waals surface area contributed by atoms with Crippen molar-refractivity contribution in [3.05, 3.63) is 103 Å². The number of aromatic amines is 1. The number of H-pyrrole nitrogens is 1. The van der Waals surface area contributed by atoms with Crippen LogP contribution in [-0.2, 0) is 23.1 Å². The number of anilines is 4. The van der Waals surface area contributed by atoms with E-state index >= 15 is 0 Å². The van der Waals surface area contributed by atoms with Crippen molar-refractivity contribution in [3.63, 3.8) is 0 Å². The lowest BCUT2D eigenvalue weighted by molar-refractivity contribution is 0.247. The second-order valence-corrected chi connectivity index (χ2v) is 14.4. The van der Waals surface area contributed by atoms with Crippen LogP contribution in [0.25, 0.3) is 0 Å². The van der Waals surface area contributed by atoms with Crippen molar-refractivity contribution < 1.29 is 27.5 Å². The van der Waals surface area contributed by atoms with E-state index in [1.54, 1.807) is 60.6 Å². The maximum atomic E-state index is 12.8. The minimum absolute atomic E-state index is 0.121. The SMILES string of the molecule is CCN(C(=O)NC)c1ccc2c(c1)N(Cc1cn(S(=O)(=O)c3ccccc3)cn1)CCO2.CCN(C(=O)NC)c1ccc2c(c1)N(Cc1cnc[nH]1)CCO2. The number of hydrogen-bond acceptors (Lipinski definition) is 10. The fourth-order valence-electron chi connectivity index (χ4n) is 6.39. The molecule has 5 aromatic rings. The third kappa shape index (κ3) is 8.62. The number of hydrogen-bond donors (Lipinski definition) is 3. The van der Waals surface area contributed by atoms with Crippen molar-refractivity contribution in [1.82, 2.24) is 29.6 Å². The maximum Gasteiger partial charge on any atom is 0.321 e. The summed E-state index contributed by atoms with van der Waals surface area (Å²) in [5.41, 5.74) is 5.08. The van der Waals surface area contributed by atoms with Crippen molar-refractivity contribution in [1.29, 1.82) is 0 Å². The molecule has 3 N–H and O–H groups in total. The molecule has 2 aliphatic rings. The van der Waals surface area contributed by atoms with Crippen LogP contribution in [-0.4, -0.2) is 92.9 Å². The third-order valence-corrected chi connectivity index (χ3v) is 10.8. The maximum absolute atomic E-state index is 12.8. The highest BCUT2D eigenvalue weighted by molar-refractivity contribution is 7.90. The van der Waals surface area contributed by atoms with Crippen LogP contribution in [0.5, 0.6) is 11.5 Å². The van der Waals surface area contributed by atoms with E-state index in [0.29, 0.717) is 50.8 Å². The van der Waals surface area contributed by atoms with Crippen LogP contribution in [0.2, 0.25) is 0 Å². The van der Waals surface area contributed by atoms with E-state index in [2.05, 4.69) is 35.4 Å². The first-order chi connectivity index (χ1) is 26.7. The predicted octanol–water partition coefficient (Wildman–Crippen LogP) is 4.66. The quantitative estimate of drug-likeness (QED) is 0.182. The Kier molecular flexibility index (Phi) is 12.1. The highest BCUT2D eigenvalue weighted by atomic mass is 32.2. The van der Waals surface area contributed by atoms with Crippen LogP contribution in [0.4, 0.5) is 32.3 Å². The van der Waals surface area contributed by atoms with Crippen LogP contribution < -0.4 is 39.7 Å². The first-order valence-electron chi connectivity index (χ1n) is 18.0. The molecule has 0 bridgehead atoms. The minimum atomic E-state index is -3.69. The zero-order valence-electron chi connectivity index (χ0n) is 31.3. The van der Waals surface area contributed by atoms with Gasteiger partial charge in [0.05, 0.1) is 60.2 Å². The van der Waals surface area contributed by atoms with Gasteiger partial charge in [-0.05, 0) is 62.4 Å². The number of imidazole rings is 2. The highest BCUT2D eigenvalue weighted by Gasteiger charge is 2.24. The Hall–Kier alpha value is -6.23. The molecule has 0 radical (unpaired) electrons. The number of urea groups is 2. The summed E-state index contributed by atoms with van der Waals surface area (Å²) in [6, 6.07) is 19.4. The number of rotatable bonds is 10. The molecule has 0 fully saturated rings. The molecule has 4 heterocycles. The number of carbonyl (C=O) groups is 2. The molecule has 290 valence electrons. The fraction of sp³-hybridized carbons (Fsp3) is 0.316. The molecular formula is C38H46N10O6S. The summed E-state index contributed by atoms with van der Waals surface area (Å²) in [5, 5.41) is 5.32. The molecule has 55 heavy (non-hydrogen) atoms. The molecule has 16 nitrogen and oxygen atoms in total. The number of aromatic nitrogens is 4. The average molecular weight is 771 g/mol. The van der Waals surface area contributed by atoms with Gasteiger partial charge in [0.2, 0.25) is 0 Å². The third-order valence-electron chi connectivity index (χ3n) is 9.18. The largest absolute Gasteiger partial charge is 0.490 e. The van der Waals surface area contributed by atoms with Gasteiger partial charge in [-0.2, -0.15) is 0 Å². The van der Waals surface area contributed by atoms with E-state index in [4.69, 9.17) is 9.47 Å². The van der Waals surface area contributed by atoms with Crippen LogP contribution in [0, 0.1) is 0 Å². The van der Waals surface area contributed by atoms with Gasteiger partial charge in [0.1, 0.15) is 31.0 Å². The molecule has 0 saturated carbocycles. The van der Waals surface area contributed by atoms with Gasteiger partial charge in [-0.25, -0.2) is 31.9 Å². The number of fused-ring (bicyclic) bond motifs is 2. The van der Waals surface area contributed by atoms with Crippen LogP contribution in [0.15, 0.2) is 96.7 Å². The molecular weight excluding hydrogens is 725 g/mol. The summed E-state index contributed by atoms with van der Waals surface area (Å²) < 4.78 is 38.3. The van der Waals surface area contributed by atoms with Gasteiger partial charge in [0.25, 0.3) is 10.0 Å². The molecule has 2 aliphatic heterocycles. The Morgan fingerprint density at radius 2 is 1.38 bits per heavy atom. The Balaban J connectivity index is 0.000000197. The van der Waals surface area contributed by atoms with Gasteiger partial charge in [0, 0.05) is 51.0 Å². The summed E-state index contributed by atoms with van der Waals surface area (Å²) >= 11 is 0. The van der Waals surface area contributed by atoms with Gasteiger partial charge in [-0.3, -0.25) is 9.80 Å². The Morgan fingerprint density at radius 1 is 0.818 bits per heavy atom. The number of ether oxygens (including phenoxy) is 2. The van der Waals surface area contributed by atoms with E-state index in [1.807, 2.05) is 56.4 Å². The minimum Gasteiger partial charge on any atom is -0.490 e. The monoisotopic (exact) mass is 770 g/mol. The van der Waals surface area contributed by atoms with Crippen LogP contribution in [0.1, 0.15) is 25.2 Å². The van der Waals surface area contributed by atoms with Gasteiger partial charge in [-0.1, -0.05) is 18.2 Å². The Bertz CT molecular complexity index is 2180. The molecule has 7 rings (SSSR count). The van der Waals surface area contributed by atoms with Crippen molar-refractivity contribution in [2.24, 2.45) is 0 Å². The van der Waals surface area contributed by atoms with Crippen molar-refractivity contribution >= 4 is 44.8 Å². The zero-order valence-corrected chi connectivity index (χ0v) is 32.1. The van der Waals surface area contributed by atoms with Crippen molar-refractivity contribution in [2.45, 2.75) is 31.8 Å². The zero-order chi connectivity index (χ0) is 39.0. The van der Waals surface area contributed by atoms with Crippen molar-refractivity contribution in [3.8, 4) is 11.5 Å². The van der Waals surface area contributed by atoms with Crippen LogP contribution >= 0.6 is 0 Å². The number of amides is 4. The molecule has 4 amide bonds. The second-order valence-electron chi connectivity index (χ2n) is 12.5. The number of nitrogens with one attached hydrogen (secondary N) is 3. The Labute approximate surface area is 320 Å². The summed E-state index contributed by atoms with van der Waals surface area (Å²) in [5.74, 6) is 1.55. The number of benzene rings is 3. The molecule has 17 heteroatoms. The molecule has 0 atom stereocenters. The smallest absolute Gasteiger partial charge is 0.321 e. The fourth-order valence-corrected chi connectivity index (χ4v) is 7.56. The molecule has 0 spiro atoms. The predicted molar refractivity (Wildman–Crippen MR) is 211 cm³/mol. The summed E-state index contributed by atoms with van der Waals surface area (Å²) in [6.07, 6.45) is 6.35. The van der Waals surface area contributed by atoms with Crippen molar-refractivity contribution in [2.75, 3.05) is 73.1 Å².